The minimum absolute atomic E-state index is 0.109. The number of nitrogens with zero attached hydrogens (tertiary/aromatic N) is 1. The van der Waals surface area contributed by atoms with Gasteiger partial charge in [-0.3, -0.25) is 9.10 Å². The predicted octanol–water partition coefficient (Wildman–Crippen LogP) is 5.32. The van der Waals surface area contributed by atoms with Gasteiger partial charge < -0.3 is 14.8 Å². The highest BCUT2D eigenvalue weighted by atomic mass is 35.5. The van der Waals surface area contributed by atoms with Crippen LogP contribution >= 0.6 is 23.2 Å². The van der Waals surface area contributed by atoms with Gasteiger partial charge >= 0.3 is 5.97 Å². The molecule has 3 rings (SSSR count). The van der Waals surface area contributed by atoms with Crippen LogP contribution in [0.2, 0.25) is 10.0 Å². The molecule has 1 N–H and O–H groups in total. The van der Waals surface area contributed by atoms with E-state index in [0.29, 0.717) is 16.8 Å². The summed E-state index contributed by atoms with van der Waals surface area (Å²) in [6.45, 7) is 3.11. The highest BCUT2D eigenvalue weighted by molar-refractivity contribution is 7.93. The van der Waals surface area contributed by atoms with Crippen molar-refractivity contribution in [3.63, 3.8) is 0 Å². The van der Waals surface area contributed by atoms with Gasteiger partial charge in [-0.2, -0.15) is 0 Å². The monoisotopic (exact) mass is 550 g/mol. The van der Waals surface area contributed by atoms with Crippen LogP contribution in [0.1, 0.15) is 22.8 Å². The second-order valence-electron chi connectivity index (χ2n) is 7.61. The molecule has 0 saturated heterocycles. The molecule has 0 radical (unpaired) electrons. The Hall–Kier alpha value is -3.27. The molecule has 0 bridgehead atoms. The highest BCUT2D eigenvalue weighted by Crippen LogP contribution is 2.33. The zero-order valence-electron chi connectivity index (χ0n) is 19.7. The summed E-state index contributed by atoms with van der Waals surface area (Å²) in [4.78, 5) is 24.7. The number of hydrogen-bond acceptors (Lipinski definition) is 6. The maximum absolute atomic E-state index is 13.8. The maximum atomic E-state index is 13.8. The van der Waals surface area contributed by atoms with Crippen molar-refractivity contribution >= 4 is 56.5 Å². The number of ether oxygens (including phenoxy) is 2. The van der Waals surface area contributed by atoms with E-state index in [-0.39, 0.29) is 33.0 Å². The van der Waals surface area contributed by atoms with Crippen molar-refractivity contribution in [1.29, 1.82) is 0 Å². The molecule has 0 aliphatic carbocycles. The number of benzene rings is 3. The molecule has 8 nitrogen and oxygen atoms in total. The molecule has 0 unspecified atom stereocenters. The summed E-state index contributed by atoms with van der Waals surface area (Å²) >= 11 is 12.2. The Labute approximate surface area is 219 Å². The average Bonchev–Trinajstić information content (AvgIpc) is 2.85. The Morgan fingerprint density at radius 1 is 0.972 bits per heavy atom. The fourth-order valence-corrected chi connectivity index (χ4v) is 5.24. The van der Waals surface area contributed by atoms with E-state index in [4.69, 9.17) is 32.7 Å². The number of rotatable bonds is 9. The Morgan fingerprint density at radius 2 is 1.67 bits per heavy atom. The van der Waals surface area contributed by atoms with Gasteiger partial charge in [-0.1, -0.05) is 29.3 Å². The lowest BCUT2D eigenvalue weighted by molar-refractivity contribution is -0.114. The lowest BCUT2D eigenvalue weighted by atomic mass is 10.2. The van der Waals surface area contributed by atoms with Gasteiger partial charge in [-0.25, -0.2) is 13.2 Å². The summed E-state index contributed by atoms with van der Waals surface area (Å²) in [5.41, 5.74) is 1.52. The number of amides is 1. The van der Waals surface area contributed by atoms with Crippen LogP contribution in [0.3, 0.4) is 0 Å². The van der Waals surface area contributed by atoms with Crippen LogP contribution in [0, 0.1) is 6.92 Å². The fourth-order valence-electron chi connectivity index (χ4n) is 3.29. The summed E-state index contributed by atoms with van der Waals surface area (Å²) in [7, 11) is -2.92. The molecular weight excluding hydrogens is 527 g/mol. The van der Waals surface area contributed by atoms with Gasteiger partial charge in [-0.05, 0) is 74.0 Å². The number of esters is 1. The first kappa shape index (κ1) is 27.3. The van der Waals surface area contributed by atoms with E-state index in [9.17, 15) is 18.0 Å². The van der Waals surface area contributed by atoms with Gasteiger partial charge in [0.15, 0.2) is 0 Å². The number of aryl methyl sites for hydroxylation is 1. The van der Waals surface area contributed by atoms with E-state index >= 15 is 0 Å². The van der Waals surface area contributed by atoms with Gasteiger partial charge in [0.25, 0.3) is 10.0 Å². The SMILES string of the molecule is CCOC(=O)c1ccc(NC(=O)CN(c2ccc(Cl)c(Cl)c2)S(=O)(=O)c2cc(C)ccc2OC)cc1. The number of hydrogen-bond donors (Lipinski definition) is 1. The molecule has 3 aromatic rings. The van der Waals surface area contributed by atoms with E-state index < -0.39 is 28.4 Å². The van der Waals surface area contributed by atoms with Crippen LogP contribution in [0.25, 0.3) is 0 Å². The van der Waals surface area contributed by atoms with Crippen LogP contribution in [0.5, 0.6) is 5.75 Å². The normalized spacial score (nSPS) is 11.0. The Morgan fingerprint density at radius 3 is 2.28 bits per heavy atom. The second-order valence-corrected chi connectivity index (χ2v) is 10.3. The van der Waals surface area contributed by atoms with Crippen molar-refractivity contribution < 1.29 is 27.5 Å². The quantitative estimate of drug-likeness (QED) is 0.361. The van der Waals surface area contributed by atoms with E-state index in [1.165, 1.54) is 55.6 Å². The standard InChI is InChI=1S/C25H24Cl2N2O6S/c1-4-35-25(31)17-6-8-18(9-7-17)28-24(30)15-29(19-10-11-20(26)21(27)14-19)36(32,33)23-13-16(2)5-12-22(23)34-3/h5-14H,4,15H2,1-3H3,(H,28,30). The largest absolute Gasteiger partial charge is 0.495 e. The molecule has 0 atom stereocenters. The van der Waals surface area contributed by atoms with Crippen molar-refractivity contribution in [2.45, 2.75) is 18.7 Å². The highest BCUT2D eigenvalue weighted by Gasteiger charge is 2.30. The summed E-state index contributed by atoms with van der Waals surface area (Å²) in [5.74, 6) is -0.986. The number of nitrogens with one attached hydrogen (secondary N) is 1. The Kier molecular flexibility index (Phi) is 8.84. The van der Waals surface area contributed by atoms with Crippen LogP contribution in [0.15, 0.2) is 65.6 Å². The topological polar surface area (TPSA) is 102 Å². The zero-order valence-corrected chi connectivity index (χ0v) is 22.1. The molecule has 1 amide bonds. The van der Waals surface area contributed by atoms with Crippen molar-refractivity contribution in [2.75, 3.05) is 29.9 Å². The van der Waals surface area contributed by atoms with Crippen molar-refractivity contribution in [3.8, 4) is 5.75 Å². The molecule has 11 heteroatoms. The number of sulfonamides is 1. The molecule has 0 saturated carbocycles. The maximum Gasteiger partial charge on any atom is 0.338 e. The van der Waals surface area contributed by atoms with E-state index in [0.717, 1.165) is 4.31 Å². The smallest absolute Gasteiger partial charge is 0.338 e. The van der Waals surface area contributed by atoms with Gasteiger partial charge in [-0.15, -0.1) is 0 Å². The number of carbonyl (C=O) groups is 2. The molecule has 0 aromatic heterocycles. The van der Waals surface area contributed by atoms with Crippen LogP contribution in [-0.2, 0) is 19.6 Å². The Balaban J connectivity index is 1.95. The predicted molar refractivity (Wildman–Crippen MR) is 140 cm³/mol. The lowest BCUT2D eigenvalue weighted by Gasteiger charge is -2.25. The summed E-state index contributed by atoms with van der Waals surface area (Å²) < 4.78 is 38.7. The van der Waals surface area contributed by atoms with Crippen LogP contribution in [0.4, 0.5) is 11.4 Å². The van der Waals surface area contributed by atoms with E-state index in [1.807, 2.05) is 0 Å². The molecule has 3 aromatic carbocycles. The van der Waals surface area contributed by atoms with Gasteiger partial charge in [0.1, 0.15) is 17.2 Å². The second kappa shape index (κ2) is 11.6. The van der Waals surface area contributed by atoms with Gasteiger partial charge in [0.2, 0.25) is 5.91 Å². The van der Waals surface area contributed by atoms with Crippen molar-refractivity contribution in [2.24, 2.45) is 0 Å². The average molecular weight is 551 g/mol. The number of halogens is 2. The molecule has 0 heterocycles. The fraction of sp³-hybridized carbons (Fsp3) is 0.200. The van der Waals surface area contributed by atoms with Gasteiger partial charge in [0, 0.05) is 5.69 Å². The van der Waals surface area contributed by atoms with Crippen LogP contribution < -0.4 is 14.4 Å². The van der Waals surface area contributed by atoms with E-state index in [1.54, 1.807) is 26.0 Å². The van der Waals surface area contributed by atoms with Crippen molar-refractivity contribution in [1.82, 2.24) is 0 Å². The lowest BCUT2D eigenvalue weighted by Crippen LogP contribution is -2.38. The first-order valence-corrected chi connectivity index (χ1v) is 13.0. The molecule has 0 aliphatic heterocycles. The molecule has 0 fully saturated rings. The molecular formula is C25H24Cl2N2O6S. The van der Waals surface area contributed by atoms with Gasteiger partial charge in [0.05, 0.1) is 35.0 Å². The summed E-state index contributed by atoms with van der Waals surface area (Å²) in [5, 5.41) is 3.00. The first-order chi connectivity index (χ1) is 17.1. The minimum atomic E-state index is -4.28. The molecule has 190 valence electrons. The third-order valence-electron chi connectivity index (χ3n) is 5.05. The first-order valence-electron chi connectivity index (χ1n) is 10.8. The van der Waals surface area contributed by atoms with E-state index in [2.05, 4.69) is 5.32 Å². The Bertz CT molecular complexity index is 1380. The number of carbonyl (C=O) groups excluding carboxylic acids is 2. The molecule has 36 heavy (non-hydrogen) atoms. The van der Waals surface area contributed by atoms with Crippen LogP contribution in [-0.4, -0.2) is 40.6 Å². The number of anilines is 2. The number of methoxy groups -OCH3 is 1. The van der Waals surface area contributed by atoms with Crippen molar-refractivity contribution in [3.05, 3.63) is 81.8 Å². The molecule has 0 spiro atoms. The summed E-state index contributed by atoms with van der Waals surface area (Å²) in [6.07, 6.45) is 0. The zero-order chi connectivity index (χ0) is 26.5. The third-order valence-corrected chi connectivity index (χ3v) is 7.58. The third kappa shape index (κ3) is 6.29. The summed E-state index contributed by atoms with van der Waals surface area (Å²) in [6, 6.07) is 15.0. The minimum Gasteiger partial charge on any atom is -0.495 e. The molecule has 0 aliphatic rings.